The second kappa shape index (κ2) is 8.14. The first-order valence-electron chi connectivity index (χ1n) is 7.94. The molecule has 1 fully saturated rings. The lowest BCUT2D eigenvalue weighted by Gasteiger charge is -2.19. The summed E-state index contributed by atoms with van der Waals surface area (Å²) >= 11 is 17.9. The van der Waals surface area contributed by atoms with E-state index in [-0.39, 0.29) is 12.4 Å². The number of rotatable bonds is 5. The zero-order valence-electron chi connectivity index (χ0n) is 13.9. The third kappa shape index (κ3) is 4.79. The SMILES string of the molecule is O=C(COc1ccc(Cl)cc1Cl)Nc1ccc(Cl)c(N2CCCS2(=O)=O)c1. The van der Waals surface area contributed by atoms with Gasteiger partial charge in [-0.2, -0.15) is 0 Å². The van der Waals surface area contributed by atoms with Crippen molar-refractivity contribution >= 4 is 62.1 Å². The van der Waals surface area contributed by atoms with Crippen LogP contribution >= 0.6 is 34.8 Å². The highest BCUT2D eigenvalue weighted by molar-refractivity contribution is 7.93. The molecule has 1 amide bonds. The van der Waals surface area contributed by atoms with Crippen LogP contribution in [0.2, 0.25) is 15.1 Å². The predicted molar refractivity (Wildman–Crippen MR) is 108 cm³/mol. The van der Waals surface area contributed by atoms with Gasteiger partial charge in [-0.25, -0.2) is 8.42 Å². The fraction of sp³-hybridized carbons (Fsp3) is 0.235. The molecule has 0 atom stereocenters. The van der Waals surface area contributed by atoms with Crippen LogP contribution in [0.4, 0.5) is 11.4 Å². The first-order chi connectivity index (χ1) is 12.8. The van der Waals surface area contributed by atoms with Crippen molar-refractivity contribution in [2.45, 2.75) is 6.42 Å². The Hall–Kier alpha value is -1.67. The lowest BCUT2D eigenvalue weighted by atomic mass is 10.2. The van der Waals surface area contributed by atoms with E-state index in [0.29, 0.717) is 45.2 Å². The molecule has 0 bridgehead atoms. The van der Waals surface area contributed by atoms with E-state index in [1.165, 1.54) is 22.5 Å². The van der Waals surface area contributed by atoms with Crippen molar-refractivity contribution in [1.29, 1.82) is 0 Å². The van der Waals surface area contributed by atoms with Gasteiger partial charge in [0.05, 0.1) is 21.5 Å². The van der Waals surface area contributed by atoms with Crippen LogP contribution in [0.5, 0.6) is 5.75 Å². The lowest BCUT2D eigenvalue weighted by molar-refractivity contribution is -0.118. The summed E-state index contributed by atoms with van der Waals surface area (Å²) in [5.41, 5.74) is 0.751. The molecule has 1 aliphatic rings. The van der Waals surface area contributed by atoms with Crippen LogP contribution < -0.4 is 14.4 Å². The van der Waals surface area contributed by atoms with Gasteiger partial charge in [0, 0.05) is 17.3 Å². The number of hydrogen-bond donors (Lipinski definition) is 1. The minimum absolute atomic E-state index is 0.0790. The van der Waals surface area contributed by atoms with Crippen molar-refractivity contribution in [2.24, 2.45) is 0 Å². The van der Waals surface area contributed by atoms with E-state index in [1.807, 2.05) is 0 Å². The minimum atomic E-state index is -3.38. The number of anilines is 2. The van der Waals surface area contributed by atoms with Crippen LogP contribution in [0, 0.1) is 0 Å². The topological polar surface area (TPSA) is 75.7 Å². The van der Waals surface area contributed by atoms with Crippen molar-refractivity contribution in [3.05, 3.63) is 51.5 Å². The maximum absolute atomic E-state index is 12.1. The number of carbonyl (C=O) groups is 1. The van der Waals surface area contributed by atoms with E-state index in [4.69, 9.17) is 39.5 Å². The molecule has 1 heterocycles. The van der Waals surface area contributed by atoms with Crippen molar-refractivity contribution in [3.8, 4) is 5.75 Å². The van der Waals surface area contributed by atoms with E-state index < -0.39 is 15.9 Å². The second-order valence-corrected chi connectivity index (χ2v) is 9.08. The number of hydrogen-bond acceptors (Lipinski definition) is 4. The van der Waals surface area contributed by atoms with Gasteiger partial charge in [0.1, 0.15) is 5.75 Å². The molecule has 3 rings (SSSR count). The van der Waals surface area contributed by atoms with Crippen LogP contribution in [0.3, 0.4) is 0 Å². The Kier molecular flexibility index (Phi) is 6.05. The van der Waals surface area contributed by atoms with Gasteiger partial charge in [-0.3, -0.25) is 9.10 Å². The predicted octanol–water partition coefficient (Wildman–Crippen LogP) is 4.20. The molecule has 0 unspecified atom stereocenters. The molecule has 0 radical (unpaired) electrons. The Morgan fingerprint density at radius 2 is 1.89 bits per heavy atom. The molecule has 1 aliphatic heterocycles. The summed E-state index contributed by atoms with van der Waals surface area (Å²) in [6.45, 7) is 0.0823. The fourth-order valence-corrected chi connectivity index (χ4v) is 4.93. The molecule has 1 saturated heterocycles. The average Bonchev–Trinajstić information content (AvgIpc) is 2.95. The van der Waals surface area contributed by atoms with E-state index >= 15 is 0 Å². The standard InChI is InChI=1S/C17H15Cl3N2O4S/c18-11-2-5-16(14(20)8-11)26-10-17(23)21-12-3-4-13(19)15(9-12)22-6-1-7-27(22,24)25/h2-5,8-9H,1,6-7,10H2,(H,21,23). The lowest BCUT2D eigenvalue weighted by Crippen LogP contribution is -2.26. The molecule has 0 aromatic heterocycles. The first-order valence-corrected chi connectivity index (χ1v) is 10.7. The number of halogens is 3. The van der Waals surface area contributed by atoms with Gasteiger partial charge in [-0.1, -0.05) is 34.8 Å². The third-order valence-corrected chi connectivity index (χ3v) is 6.56. The van der Waals surface area contributed by atoms with Gasteiger partial charge >= 0.3 is 0 Å². The number of nitrogens with zero attached hydrogens (tertiary/aromatic N) is 1. The number of amides is 1. The average molecular weight is 450 g/mol. The molecule has 0 spiro atoms. The number of ether oxygens (including phenoxy) is 1. The van der Waals surface area contributed by atoms with Gasteiger partial charge in [-0.05, 0) is 42.8 Å². The summed E-state index contributed by atoms with van der Waals surface area (Å²) in [6.07, 6.45) is 0.533. The summed E-state index contributed by atoms with van der Waals surface area (Å²) in [5, 5.41) is 3.70. The maximum atomic E-state index is 12.1. The van der Waals surface area contributed by atoms with Crippen LogP contribution in [-0.4, -0.2) is 33.2 Å². The van der Waals surface area contributed by atoms with Crippen LogP contribution in [0.25, 0.3) is 0 Å². The van der Waals surface area contributed by atoms with Gasteiger partial charge in [0.15, 0.2) is 6.61 Å². The summed E-state index contributed by atoms with van der Waals surface area (Å²) in [6, 6.07) is 9.33. The Morgan fingerprint density at radius 3 is 2.56 bits per heavy atom. The number of benzene rings is 2. The molecular weight excluding hydrogens is 435 g/mol. The van der Waals surface area contributed by atoms with E-state index in [0.717, 1.165) is 0 Å². The third-order valence-electron chi connectivity index (χ3n) is 3.85. The fourth-order valence-electron chi connectivity index (χ4n) is 2.62. The zero-order valence-corrected chi connectivity index (χ0v) is 17.0. The summed E-state index contributed by atoms with van der Waals surface area (Å²) < 4.78 is 30.8. The number of carbonyl (C=O) groups excluding carboxylic acids is 1. The van der Waals surface area contributed by atoms with E-state index in [1.54, 1.807) is 18.2 Å². The quantitative estimate of drug-likeness (QED) is 0.742. The molecule has 0 saturated carbocycles. The van der Waals surface area contributed by atoms with Gasteiger partial charge in [0.25, 0.3) is 5.91 Å². The van der Waals surface area contributed by atoms with Crippen LogP contribution in [0.15, 0.2) is 36.4 Å². The summed E-state index contributed by atoms with van der Waals surface area (Å²) in [5.74, 6) is -0.0231. The van der Waals surface area contributed by atoms with Gasteiger partial charge < -0.3 is 10.1 Å². The van der Waals surface area contributed by atoms with Crippen molar-refractivity contribution in [3.63, 3.8) is 0 Å². The van der Waals surface area contributed by atoms with Crippen molar-refractivity contribution in [1.82, 2.24) is 0 Å². The van der Waals surface area contributed by atoms with Crippen LogP contribution in [0.1, 0.15) is 6.42 Å². The summed E-state index contributed by atoms with van der Waals surface area (Å²) in [7, 11) is -3.38. The maximum Gasteiger partial charge on any atom is 0.262 e. The highest BCUT2D eigenvalue weighted by Gasteiger charge is 2.30. The highest BCUT2D eigenvalue weighted by Crippen LogP contribution is 2.33. The Balaban J connectivity index is 1.68. The molecule has 0 aliphatic carbocycles. The summed E-state index contributed by atoms with van der Waals surface area (Å²) in [4.78, 5) is 12.1. The molecular formula is C17H15Cl3N2O4S. The molecule has 2 aromatic rings. The van der Waals surface area contributed by atoms with Crippen LogP contribution in [-0.2, 0) is 14.8 Å². The zero-order chi connectivity index (χ0) is 19.6. The Morgan fingerprint density at radius 1 is 1.11 bits per heavy atom. The molecule has 6 nitrogen and oxygen atoms in total. The molecule has 144 valence electrons. The van der Waals surface area contributed by atoms with Gasteiger partial charge in [-0.15, -0.1) is 0 Å². The number of sulfonamides is 1. The highest BCUT2D eigenvalue weighted by atomic mass is 35.5. The van der Waals surface area contributed by atoms with Gasteiger partial charge in [0.2, 0.25) is 10.0 Å². The minimum Gasteiger partial charge on any atom is -0.482 e. The van der Waals surface area contributed by atoms with E-state index in [9.17, 15) is 13.2 Å². The number of nitrogens with one attached hydrogen (secondary N) is 1. The molecule has 2 aromatic carbocycles. The molecule has 27 heavy (non-hydrogen) atoms. The Bertz CT molecular complexity index is 982. The molecule has 10 heteroatoms. The first kappa shape index (κ1) is 20.1. The second-order valence-electron chi connectivity index (χ2n) is 5.82. The van der Waals surface area contributed by atoms with Crippen molar-refractivity contribution < 1.29 is 17.9 Å². The Labute approximate surface area is 172 Å². The largest absolute Gasteiger partial charge is 0.482 e. The van der Waals surface area contributed by atoms with E-state index in [2.05, 4.69) is 5.32 Å². The monoisotopic (exact) mass is 448 g/mol. The van der Waals surface area contributed by atoms with Crippen molar-refractivity contribution in [2.75, 3.05) is 28.5 Å². The smallest absolute Gasteiger partial charge is 0.262 e. The normalized spacial score (nSPS) is 15.6. The molecule has 1 N–H and O–H groups in total.